The van der Waals surface area contributed by atoms with Crippen LogP contribution in [0.1, 0.15) is 31.5 Å². The Labute approximate surface area is 135 Å². The molecule has 124 valence electrons. The number of aryl methyl sites for hydroxylation is 1. The molecule has 0 radical (unpaired) electrons. The van der Waals surface area contributed by atoms with Crippen molar-refractivity contribution in [2.45, 2.75) is 38.1 Å². The van der Waals surface area contributed by atoms with Crippen molar-refractivity contribution in [1.29, 1.82) is 0 Å². The van der Waals surface area contributed by atoms with Crippen molar-refractivity contribution < 1.29 is 9.18 Å². The van der Waals surface area contributed by atoms with E-state index >= 15 is 0 Å². The van der Waals surface area contributed by atoms with Crippen LogP contribution in [0.25, 0.3) is 11.0 Å². The second kappa shape index (κ2) is 6.66. The van der Waals surface area contributed by atoms with Gasteiger partial charge in [0.1, 0.15) is 11.6 Å². The molecule has 1 aromatic heterocycles. The van der Waals surface area contributed by atoms with Crippen LogP contribution in [0.5, 0.6) is 0 Å². The summed E-state index contributed by atoms with van der Waals surface area (Å²) in [7, 11) is 1.86. The van der Waals surface area contributed by atoms with Gasteiger partial charge in [-0.15, -0.1) is 0 Å². The van der Waals surface area contributed by atoms with E-state index in [4.69, 9.17) is 5.73 Å². The molecule has 5 nitrogen and oxygen atoms in total. The van der Waals surface area contributed by atoms with Crippen molar-refractivity contribution in [2.24, 2.45) is 18.7 Å². The van der Waals surface area contributed by atoms with E-state index in [2.05, 4.69) is 10.3 Å². The van der Waals surface area contributed by atoms with Gasteiger partial charge in [-0.3, -0.25) is 4.79 Å². The van der Waals surface area contributed by atoms with Gasteiger partial charge in [-0.05, 0) is 37.0 Å². The third-order valence-corrected chi connectivity index (χ3v) is 4.77. The smallest absolute Gasteiger partial charge is 0.220 e. The monoisotopic (exact) mass is 318 g/mol. The highest BCUT2D eigenvalue weighted by Gasteiger charge is 2.25. The molecule has 0 spiro atoms. The molecule has 0 saturated heterocycles. The Morgan fingerprint density at radius 1 is 1.48 bits per heavy atom. The maximum absolute atomic E-state index is 13.3. The molecule has 3 rings (SSSR count). The molecular weight excluding hydrogens is 295 g/mol. The number of nitrogens with one attached hydrogen (secondary N) is 1. The highest BCUT2D eigenvalue weighted by Crippen LogP contribution is 2.26. The van der Waals surface area contributed by atoms with E-state index in [-0.39, 0.29) is 17.8 Å². The zero-order valence-corrected chi connectivity index (χ0v) is 13.4. The molecule has 1 heterocycles. The number of benzene rings is 1. The van der Waals surface area contributed by atoms with E-state index in [1.165, 1.54) is 12.1 Å². The normalized spacial score (nSPS) is 21.0. The minimum atomic E-state index is -0.270. The number of aromatic nitrogens is 2. The SMILES string of the molecule is Cn1c(CCNC(=O)C[C@@H]2CCC[C@H]2N)nc2ccc(F)cc21. The van der Waals surface area contributed by atoms with Gasteiger partial charge in [-0.25, -0.2) is 9.37 Å². The van der Waals surface area contributed by atoms with Gasteiger partial charge >= 0.3 is 0 Å². The number of nitrogens with two attached hydrogens (primary N) is 1. The van der Waals surface area contributed by atoms with Crippen LogP contribution in [0, 0.1) is 11.7 Å². The van der Waals surface area contributed by atoms with Crippen LogP contribution in [0.2, 0.25) is 0 Å². The van der Waals surface area contributed by atoms with Gasteiger partial charge in [0.25, 0.3) is 0 Å². The standard InChI is InChI=1S/C17H23FN4O/c1-22-15-10-12(18)5-6-14(15)21-16(22)7-8-20-17(23)9-11-3-2-4-13(11)19/h5-6,10-11,13H,2-4,7-9,19H2,1H3,(H,20,23)/t11-,13+/m0/s1. The van der Waals surface area contributed by atoms with Crippen molar-refractivity contribution in [3.05, 3.63) is 29.8 Å². The lowest BCUT2D eigenvalue weighted by Gasteiger charge is -2.14. The Balaban J connectivity index is 1.54. The second-order valence-corrected chi connectivity index (χ2v) is 6.38. The zero-order chi connectivity index (χ0) is 16.4. The molecule has 2 aromatic rings. The molecule has 6 heteroatoms. The lowest BCUT2D eigenvalue weighted by atomic mass is 10.00. The predicted molar refractivity (Wildman–Crippen MR) is 87.3 cm³/mol. The van der Waals surface area contributed by atoms with Gasteiger partial charge in [0, 0.05) is 32.5 Å². The molecule has 1 aromatic carbocycles. The van der Waals surface area contributed by atoms with E-state index in [1.807, 2.05) is 11.6 Å². The molecule has 1 amide bonds. The summed E-state index contributed by atoms with van der Waals surface area (Å²) in [5.74, 6) is 0.933. The maximum Gasteiger partial charge on any atom is 0.220 e. The molecule has 1 saturated carbocycles. The Hall–Kier alpha value is -1.95. The molecule has 1 fully saturated rings. The molecule has 3 N–H and O–H groups in total. The van der Waals surface area contributed by atoms with Crippen molar-refractivity contribution >= 4 is 16.9 Å². The van der Waals surface area contributed by atoms with Gasteiger partial charge in [0.15, 0.2) is 0 Å². The zero-order valence-electron chi connectivity index (χ0n) is 13.4. The van der Waals surface area contributed by atoms with Crippen LogP contribution in [-0.2, 0) is 18.3 Å². The Bertz CT molecular complexity index is 712. The van der Waals surface area contributed by atoms with Crippen LogP contribution in [0.3, 0.4) is 0 Å². The van der Waals surface area contributed by atoms with Crippen molar-refractivity contribution in [2.75, 3.05) is 6.54 Å². The molecule has 2 atom stereocenters. The molecule has 0 unspecified atom stereocenters. The first kappa shape index (κ1) is 15.9. The number of hydrogen-bond acceptors (Lipinski definition) is 3. The number of halogens is 1. The molecule has 1 aliphatic carbocycles. The van der Waals surface area contributed by atoms with Gasteiger partial charge in [-0.2, -0.15) is 0 Å². The first-order chi connectivity index (χ1) is 11.0. The fourth-order valence-corrected chi connectivity index (χ4v) is 3.38. The van der Waals surface area contributed by atoms with E-state index in [0.717, 1.165) is 36.1 Å². The first-order valence-electron chi connectivity index (χ1n) is 8.17. The summed E-state index contributed by atoms with van der Waals surface area (Å²) in [5.41, 5.74) is 7.54. The van der Waals surface area contributed by atoms with E-state index < -0.39 is 0 Å². The number of rotatable bonds is 5. The summed E-state index contributed by atoms with van der Waals surface area (Å²) >= 11 is 0. The van der Waals surface area contributed by atoms with Gasteiger partial charge < -0.3 is 15.6 Å². The van der Waals surface area contributed by atoms with Crippen LogP contribution in [0.4, 0.5) is 4.39 Å². The minimum absolute atomic E-state index is 0.0529. The highest BCUT2D eigenvalue weighted by molar-refractivity contribution is 5.77. The van der Waals surface area contributed by atoms with Gasteiger partial charge in [0.2, 0.25) is 5.91 Å². The Morgan fingerprint density at radius 2 is 2.30 bits per heavy atom. The number of hydrogen-bond donors (Lipinski definition) is 2. The lowest BCUT2D eigenvalue weighted by Crippen LogP contribution is -2.32. The highest BCUT2D eigenvalue weighted by atomic mass is 19.1. The van der Waals surface area contributed by atoms with E-state index in [1.54, 1.807) is 6.07 Å². The number of carbonyl (C=O) groups is 1. The van der Waals surface area contributed by atoms with Crippen molar-refractivity contribution in [3.63, 3.8) is 0 Å². The minimum Gasteiger partial charge on any atom is -0.356 e. The van der Waals surface area contributed by atoms with Crippen LogP contribution in [-0.4, -0.2) is 28.0 Å². The number of imidazole rings is 1. The lowest BCUT2D eigenvalue weighted by molar-refractivity contribution is -0.122. The molecular formula is C17H23FN4O. The van der Waals surface area contributed by atoms with Crippen molar-refractivity contribution in [3.8, 4) is 0 Å². The van der Waals surface area contributed by atoms with Crippen LogP contribution in [0.15, 0.2) is 18.2 Å². The van der Waals surface area contributed by atoms with Gasteiger partial charge in [0.05, 0.1) is 11.0 Å². The second-order valence-electron chi connectivity index (χ2n) is 6.38. The number of nitrogens with zero attached hydrogens (tertiary/aromatic N) is 2. The first-order valence-corrected chi connectivity index (χ1v) is 8.17. The predicted octanol–water partition coefficient (Wildman–Crippen LogP) is 1.89. The van der Waals surface area contributed by atoms with E-state index in [9.17, 15) is 9.18 Å². The largest absolute Gasteiger partial charge is 0.356 e. The topological polar surface area (TPSA) is 72.9 Å². The molecule has 1 aliphatic rings. The maximum atomic E-state index is 13.3. The fourth-order valence-electron chi connectivity index (χ4n) is 3.38. The summed E-state index contributed by atoms with van der Waals surface area (Å²) in [4.78, 5) is 16.5. The number of fused-ring (bicyclic) bond motifs is 1. The van der Waals surface area contributed by atoms with Crippen LogP contribution < -0.4 is 11.1 Å². The third kappa shape index (κ3) is 3.52. The van der Waals surface area contributed by atoms with Gasteiger partial charge in [-0.1, -0.05) is 6.42 Å². The summed E-state index contributed by atoms with van der Waals surface area (Å²) in [6.07, 6.45) is 4.32. The molecule has 23 heavy (non-hydrogen) atoms. The van der Waals surface area contributed by atoms with E-state index in [0.29, 0.717) is 25.3 Å². The molecule has 0 bridgehead atoms. The van der Waals surface area contributed by atoms with Crippen molar-refractivity contribution in [1.82, 2.24) is 14.9 Å². The summed E-state index contributed by atoms with van der Waals surface area (Å²) < 4.78 is 15.2. The summed E-state index contributed by atoms with van der Waals surface area (Å²) in [6, 6.07) is 4.72. The number of carbonyl (C=O) groups excluding carboxylic acids is 1. The average molecular weight is 318 g/mol. The fraction of sp³-hybridized carbons (Fsp3) is 0.529. The quantitative estimate of drug-likeness (QED) is 0.884. The summed E-state index contributed by atoms with van der Waals surface area (Å²) in [5, 5.41) is 2.94. The molecule has 0 aliphatic heterocycles. The van der Waals surface area contributed by atoms with Crippen LogP contribution >= 0.6 is 0 Å². The summed E-state index contributed by atoms with van der Waals surface area (Å²) in [6.45, 7) is 0.528. The average Bonchev–Trinajstić information content (AvgIpc) is 3.04. The Kier molecular flexibility index (Phi) is 4.61. The Morgan fingerprint density at radius 3 is 3.04 bits per heavy atom. The third-order valence-electron chi connectivity index (χ3n) is 4.77. The number of amides is 1.